The second-order valence-corrected chi connectivity index (χ2v) is 5.09. The Labute approximate surface area is 104 Å². The van der Waals surface area contributed by atoms with Crippen molar-refractivity contribution in [2.75, 3.05) is 12.3 Å². The summed E-state index contributed by atoms with van der Waals surface area (Å²) in [6.45, 7) is 9.25. The van der Waals surface area contributed by atoms with E-state index in [4.69, 9.17) is 10.5 Å². The lowest BCUT2D eigenvalue weighted by Crippen LogP contribution is -2.11. The van der Waals surface area contributed by atoms with Crippen molar-refractivity contribution in [1.29, 1.82) is 0 Å². The van der Waals surface area contributed by atoms with Crippen molar-refractivity contribution in [1.82, 2.24) is 9.78 Å². The zero-order valence-electron chi connectivity index (χ0n) is 11.7. The van der Waals surface area contributed by atoms with Crippen LogP contribution in [0, 0.1) is 5.92 Å². The third-order valence-electron chi connectivity index (χ3n) is 2.89. The molecule has 1 aromatic rings. The fraction of sp³-hybridized carbons (Fsp3) is 0.769. The van der Waals surface area contributed by atoms with E-state index in [-0.39, 0.29) is 0 Å². The van der Waals surface area contributed by atoms with Crippen molar-refractivity contribution < 1.29 is 4.74 Å². The van der Waals surface area contributed by atoms with E-state index in [1.165, 1.54) is 12.8 Å². The summed E-state index contributed by atoms with van der Waals surface area (Å²) in [7, 11) is 1.88. The molecule has 98 valence electrons. The molecule has 0 saturated carbocycles. The van der Waals surface area contributed by atoms with Gasteiger partial charge in [0.1, 0.15) is 5.69 Å². The third kappa shape index (κ3) is 3.38. The van der Waals surface area contributed by atoms with Gasteiger partial charge in [-0.2, -0.15) is 5.10 Å². The van der Waals surface area contributed by atoms with Gasteiger partial charge >= 0.3 is 0 Å². The minimum absolute atomic E-state index is 0.326. The van der Waals surface area contributed by atoms with Gasteiger partial charge in [0.15, 0.2) is 0 Å². The minimum atomic E-state index is 0.326. The van der Waals surface area contributed by atoms with Crippen LogP contribution >= 0.6 is 0 Å². The van der Waals surface area contributed by atoms with Crippen LogP contribution in [0.3, 0.4) is 0 Å². The van der Waals surface area contributed by atoms with Gasteiger partial charge in [-0.3, -0.25) is 0 Å². The number of nitrogens with two attached hydrogens (primary N) is 1. The molecule has 1 unspecified atom stereocenters. The number of aryl methyl sites for hydroxylation is 1. The Kier molecular flexibility index (Phi) is 4.85. The summed E-state index contributed by atoms with van der Waals surface area (Å²) in [4.78, 5) is 0. The van der Waals surface area contributed by atoms with Gasteiger partial charge in [0.2, 0.25) is 5.88 Å². The average Bonchev–Trinajstić information content (AvgIpc) is 2.52. The molecule has 0 aliphatic rings. The number of ether oxygens (including phenoxy) is 1. The molecule has 0 amide bonds. The SMILES string of the molecule is CCCC(C)COc1c(N)c(C(C)C)nn1C. The molecule has 1 rings (SSSR count). The molecule has 4 nitrogen and oxygen atoms in total. The standard InChI is InChI=1S/C13H25N3O/c1-6-7-10(4)8-17-13-11(14)12(9(2)3)15-16(13)5/h9-10H,6-8,14H2,1-5H3. The Hall–Kier alpha value is -1.19. The van der Waals surface area contributed by atoms with Crippen molar-refractivity contribution in [2.24, 2.45) is 13.0 Å². The molecule has 2 N–H and O–H groups in total. The number of hydrogen-bond donors (Lipinski definition) is 1. The van der Waals surface area contributed by atoms with Crippen molar-refractivity contribution >= 4 is 5.69 Å². The largest absolute Gasteiger partial charge is 0.476 e. The average molecular weight is 239 g/mol. The second kappa shape index (κ2) is 5.94. The fourth-order valence-electron chi connectivity index (χ4n) is 1.94. The maximum atomic E-state index is 6.06. The Bertz CT molecular complexity index is 358. The lowest BCUT2D eigenvalue weighted by Gasteiger charge is -2.12. The molecule has 0 bridgehead atoms. The number of nitrogens with zero attached hydrogens (tertiary/aromatic N) is 2. The zero-order chi connectivity index (χ0) is 13.0. The number of rotatable bonds is 6. The number of anilines is 1. The van der Waals surface area contributed by atoms with E-state index in [0.29, 0.717) is 30.0 Å². The highest BCUT2D eigenvalue weighted by molar-refractivity contribution is 5.54. The van der Waals surface area contributed by atoms with E-state index >= 15 is 0 Å². The van der Waals surface area contributed by atoms with E-state index < -0.39 is 0 Å². The molecular formula is C13H25N3O. The summed E-state index contributed by atoms with van der Waals surface area (Å²) in [5.74, 6) is 1.58. The first-order valence-electron chi connectivity index (χ1n) is 6.42. The van der Waals surface area contributed by atoms with Gasteiger partial charge in [-0.1, -0.05) is 34.1 Å². The molecule has 1 aromatic heterocycles. The summed E-state index contributed by atoms with van der Waals surface area (Å²) >= 11 is 0. The monoisotopic (exact) mass is 239 g/mol. The Morgan fingerprint density at radius 3 is 2.47 bits per heavy atom. The van der Waals surface area contributed by atoms with E-state index in [9.17, 15) is 0 Å². The van der Waals surface area contributed by atoms with Crippen LogP contribution in [0.5, 0.6) is 5.88 Å². The first-order valence-corrected chi connectivity index (χ1v) is 6.42. The van der Waals surface area contributed by atoms with Crippen molar-refractivity contribution in [3.63, 3.8) is 0 Å². The highest BCUT2D eigenvalue weighted by Gasteiger charge is 2.17. The summed E-state index contributed by atoms with van der Waals surface area (Å²) < 4.78 is 7.53. The highest BCUT2D eigenvalue weighted by Crippen LogP contribution is 2.29. The second-order valence-electron chi connectivity index (χ2n) is 5.09. The Morgan fingerprint density at radius 2 is 2.00 bits per heavy atom. The molecule has 4 heteroatoms. The summed E-state index contributed by atoms with van der Waals surface area (Å²) in [6, 6.07) is 0. The van der Waals surface area contributed by atoms with Crippen molar-refractivity contribution in [2.45, 2.75) is 46.5 Å². The lowest BCUT2D eigenvalue weighted by molar-refractivity contribution is 0.234. The molecule has 0 saturated heterocycles. The predicted octanol–water partition coefficient (Wildman–Crippen LogP) is 2.94. The smallest absolute Gasteiger partial charge is 0.235 e. The summed E-state index contributed by atoms with van der Waals surface area (Å²) in [6.07, 6.45) is 2.36. The fourth-order valence-corrected chi connectivity index (χ4v) is 1.94. The van der Waals surface area contributed by atoms with Crippen LogP contribution in [0.15, 0.2) is 0 Å². The molecular weight excluding hydrogens is 214 g/mol. The maximum Gasteiger partial charge on any atom is 0.235 e. The maximum absolute atomic E-state index is 6.06. The quantitative estimate of drug-likeness (QED) is 0.830. The lowest BCUT2D eigenvalue weighted by atomic mass is 10.1. The molecule has 1 atom stereocenters. The van der Waals surface area contributed by atoms with Gasteiger partial charge in [-0.05, 0) is 18.3 Å². The molecule has 0 aliphatic heterocycles. The van der Waals surface area contributed by atoms with E-state index in [0.717, 1.165) is 5.69 Å². The van der Waals surface area contributed by atoms with Crippen LogP contribution in [0.4, 0.5) is 5.69 Å². The van der Waals surface area contributed by atoms with Crippen LogP contribution in [0.2, 0.25) is 0 Å². The van der Waals surface area contributed by atoms with Crippen LogP contribution in [0.1, 0.15) is 52.1 Å². The third-order valence-corrected chi connectivity index (χ3v) is 2.89. The van der Waals surface area contributed by atoms with Crippen LogP contribution in [0.25, 0.3) is 0 Å². The Morgan fingerprint density at radius 1 is 1.35 bits per heavy atom. The van der Waals surface area contributed by atoms with Crippen LogP contribution in [-0.4, -0.2) is 16.4 Å². The number of aromatic nitrogens is 2. The van der Waals surface area contributed by atoms with Gasteiger partial charge in [0, 0.05) is 7.05 Å². The van der Waals surface area contributed by atoms with Crippen molar-refractivity contribution in [3.8, 4) is 5.88 Å². The summed E-state index contributed by atoms with van der Waals surface area (Å²) in [5, 5.41) is 4.40. The van der Waals surface area contributed by atoms with Crippen molar-refractivity contribution in [3.05, 3.63) is 5.69 Å². The number of hydrogen-bond acceptors (Lipinski definition) is 3. The normalized spacial score (nSPS) is 13.1. The van der Waals surface area contributed by atoms with Gasteiger partial charge in [0.05, 0.1) is 12.3 Å². The molecule has 0 aromatic carbocycles. The molecule has 0 radical (unpaired) electrons. The van der Waals surface area contributed by atoms with Gasteiger partial charge in [-0.15, -0.1) is 0 Å². The van der Waals surface area contributed by atoms with Gasteiger partial charge in [0.25, 0.3) is 0 Å². The minimum Gasteiger partial charge on any atom is -0.476 e. The molecule has 1 heterocycles. The van der Waals surface area contributed by atoms with E-state index in [1.54, 1.807) is 4.68 Å². The topological polar surface area (TPSA) is 53.1 Å². The van der Waals surface area contributed by atoms with Crippen LogP contribution < -0.4 is 10.5 Å². The molecule has 0 spiro atoms. The first kappa shape index (κ1) is 13.9. The van der Waals surface area contributed by atoms with E-state index in [2.05, 4.69) is 32.8 Å². The van der Waals surface area contributed by atoms with Crippen LogP contribution in [-0.2, 0) is 7.05 Å². The zero-order valence-corrected chi connectivity index (χ0v) is 11.7. The van der Waals surface area contributed by atoms with Gasteiger partial charge in [-0.25, -0.2) is 4.68 Å². The highest BCUT2D eigenvalue weighted by atomic mass is 16.5. The predicted molar refractivity (Wildman–Crippen MR) is 71.3 cm³/mol. The first-order chi connectivity index (χ1) is 7.97. The molecule has 0 aliphatic carbocycles. The van der Waals surface area contributed by atoms with Gasteiger partial charge < -0.3 is 10.5 Å². The molecule has 0 fully saturated rings. The molecule has 17 heavy (non-hydrogen) atoms. The summed E-state index contributed by atoms with van der Waals surface area (Å²) in [5.41, 5.74) is 7.67. The Balaban J connectivity index is 2.71. The number of nitrogen functional groups attached to an aromatic ring is 1. The van der Waals surface area contributed by atoms with E-state index in [1.807, 2.05) is 7.05 Å².